The fourth-order valence-corrected chi connectivity index (χ4v) is 5.20. The second kappa shape index (κ2) is 7.82. The Balaban J connectivity index is 1.56. The number of rotatable bonds is 3. The van der Waals surface area contributed by atoms with E-state index in [0.29, 0.717) is 15.9 Å². The molecule has 1 saturated heterocycles. The number of amides is 1. The van der Waals surface area contributed by atoms with E-state index in [0.717, 1.165) is 6.07 Å². The van der Waals surface area contributed by atoms with Crippen molar-refractivity contribution in [3.05, 3.63) is 75.3 Å². The monoisotopic (exact) mass is 449 g/mol. The normalized spacial score (nSPS) is 15.5. The van der Waals surface area contributed by atoms with Gasteiger partial charge in [-0.15, -0.1) is 0 Å². The molecule has 0 bridgehead atoms. The van der Waals surface area contributed by atoms with E-state index in [-0.39, 0.29) is 36.6 Å². The first-order chi connectivity index (χ1) is 14.3. The number of nitrogens with zero attached hydrogens (tertiary/aromatic N) is 2. The van der Waals surface area contributed by atoms with Crippen molar-refractivity contribution in [3.63, 3.8) is 0 Å². The molecule has 1 amide bonds. The lowest BCUT2D eigenvalue weighted by Crippen LogP contribution is -2.50. The minimum absolute atomic E-state index is 0.0828. The molecule has 0 atom stereocenters. The largest absolute Gasteiger partial charge is 0.336 e. The van der Waals surface area contributed by atoms with Gasteiger partial charge in [-0.3, -0.25) is 9.59 Å². The molecule has 2 aromatic carbocycles. The predicted octanol–water partition coefficient (Wildman–Crippen LogP) is 2.47. The van der Waals surface area contributed by atoms with Gasteiger partial charge < -0.3 is 9.88 Å². The van der Waals surface area contributed by atoms with Gasteiger partial charge in [0.2, 0.25) is 15.6 Å². The van der Waals surface area contributed by atoms with E-state index >= 15 is 0 Å². The highest BCUT2D eigenvalue weighted by atomic mass is 35.5. The number of nitrogens with one attached hydrogen (secondary N) is 1. The van der Waals surface area contributed by atoms with Gasteiger partial charge in [-0.05, 0) is 36.4 Å². The van der Waals surface area contributed by atoms with Crippen molar-refractivity contribution in [2.75, 3.05) is 26.2 Å². The summed E-state index contributed by atoms with van der Waals surface area (Å²) in [5.41, 5.74) is -0.0338. The second-order valence-corrected chi connectivity index (χ2v) is 9.27. The zero-order valence-electron chi connectivity index (χ0n) is 15.6. The number of benzene rings is 2. The Morgan fingerprint density at radius 3 is 2.47 bits per heavy atom. The molecule has 10 heteroatoms. The quantitative estimate of drug-likeness (QED) is 0.665. The van der Waals surface area contributed by atoms with Gasteiger partial charge in [0.1, 0.15) is 5.82 Å². The highest BCUT2D eigenvalue weighted by molar-refractivity contribution is 7.89. The van der Waals surface area contributed by atoms with E-state index in [1.165, 1.54) is 39.5 Å². The number of halogens is 2. The standard InChI is InChI=1S/C20H17ClFN3O4S/c21-13-2-1-3-15(10-13)30(28,29)25-8-6-24(7-9-25)20(27)17-12-19(26)23-18-5-4-14(22)11-16(17)18/h1-5,10-12H,6-9H2,(H,23,26). The van der Waals surface area contributed by atoms with Gasteiger partial charge in [0.25, 0.3) is 5.91 Å². The number of piperazine rings is 1. The Hall–Kier alpha value is -2.75. The summed E-state index contributed by atoms with van der Waals surface area (Å²) in [6.07, 6.45) is 0. The summed E-state index contributed by atoms with van der Waals surface area (Å²) < 4.78 is 40.6. The zero-order chi connectivity index (χ0) is 21.5. The highest BCUT2D eigenvalue weighted by Gasteiger charge is 2.31. The predicted molar refractivity (Wildman–Crippen MR) is 111 cm³/mol. The molecule has 1 aromatic heterocycles. The van der Waals surface area contributed by atoms with Crippen molar-refractivity contribution in [3.8, 4) is 0 Å². The Bertz CT molecular complexity index is 1300. The second-order valence-electron chi connectivity index (χ2n) is 6.89. The lowest BCUT2D eigenvalue weighted by molar-refractivity contribution is 0.0699. The van der Waals surface area contributed by atoms with E-state index in [1.807, 2.05) is 0 Å². The van der Waals surface area contributed by atoms with Crippen LogP contribution in [0.3, 0.4) is 0 Å². The van der Waals surface area contributed by atoms with Gasteiger partial charge in [0.05, 0.1) is 10.5 Å². The summed E-state index contributed by atoms with van der Waals surface area (Å²) in [4.78, 5) is 29.1. The van der Waals surface area contributed by atoms with Crippen LogP contribution in [0.25, 0.3) is 10.9 Å². The number of aromatic amines is 1. The maximum absolute atomic E-state index is 13.7. The molecule has 3 aromatic rings. The van der Waals surface area contributed by atoms with Crippen molar-refractivity contribution in [2.24, 2.45) is 0 Å². The van der Waals surface area contributed by atoms with Crippen LogP contribution in [-0.2, 0) is 10.0 Å². The zero-order valence-corrected chi connectivity index (χ0v) is 17.2. The van der Waals surface area contributed by atoms with Crippen molar-refractivity contribution in [1.29, 1.82) is 0 Å². The Morgan fingerprint density at radius 1 is 1.03 bits per heavy atom. The minimum atomic E-state index is -3.74. The maximum Gasteiger partial charge on any atom is 0.254 e. The molecule has 0 saturated carbocycles. The number of aromatic nitrogens is 1. The van der Waals surface area contributed by atoms with E-state index in [9.17, 15) is 22.4 Å². The molecule has 0 aliphatic carbocycles. The van der Waals surface area contributed by atoms with Crippen molar-refractivity contribution in [2.45, 2.75) is 4.90 Å². The van der Waals surface area contributed by atoms with Crippen LogP contribution in [0.1, 0.15) is 10.4 Å². The van der Waals surface area contributed by atoms with Crippen LogP contribution in [0.15, 0.2) is 58.2 Å². The molecule has 0 unspecified atom stereocenters. The number of pyridine rings is 1. The molecule has 1 aliphatic heterocycles. The molecule has 1 N–H and O–H groups in total. The van der Waals surface area contributed by atoms with E-state index in [2.05, 4.69) is 4.98 Å². The fraction of sp³-hybridized carbons (Fsp3) is 0.200. The molecule has 4 rings (SSSR count). The third kappa shape index (κ3) is 3.83. The third-order valence-corrected chi connectivity index (χ3v) is 7.12. The fourth-order valence-electron chi connectivity index (χ4n) is 3.48. The molecule has 1 fully saturated rings. The molecule has 7 nitrogen and oxygen atoms in total. The number of sulfonamides is 1. The van der Waals surface area contributed by atoms with Gasteiger partial charge in [-0.2, -0.15) is 4.31 Å². The first-order valence-electron chi connectivity index (χ1n) is 9.13. The van der Waals surface area contributed by atoms with Crippen LogP contribution in [0.2, 0.25) is 5.02 Å². The highest BCUT2D eigenvalue weighted by Crippen LogP contribution is 2.23. The van der Waals surface area contributed by atoms with Crippen LogP contribution < -0.4 is 5.56 Å². The molecule has 156 valence electrons. The van der Waals surface area contributed by atoms with Gasteiger partial charge >= 0.3 is 0 Å². The average Bonchev–Trinajstić information content (AvgIpc) is 2.73. The smallest absolute Gasteiger partial charge is 0.254 e. The minimum Gasteiger partial charge on any atom is -0.336 e. The van der Waals surface area contributed by atoms with E-state index < -0.39 is 27.3 Å². The Kier molecular flexibility index (Phi) is 5.35. The van der Waals surface area contributed by atoms with Gasteiger partial charge in [0, 0.05) is 48.2 Å². The Morgan fingerprint density at radius 2 is 1.77 bits per heavy atom. The SMILES string of the molecule is O=C(c1cc(=O)[nH]c2ccc(F)cc12)N1CCN(S(=O)(=O)c2cccc(Cl)c2)CC1. The summed E-state index contributed by atoms with van der Waals surface area (Å²) in [6, 6.07) is 10.9. The number of fused-ring (bicyclic) bond motifs is 1. The molecule has 2 heterocycles. The van der Waals surface area contributed by atoms with Crippen LogP contribution >= 0.6 is 11.6 Å². The number of carbonyl (C=O) groups excluding carboxylic acids is 1. The number of hydrogen-bond donors (Lipinski definition) is 1. The lowest BCUT2D eigenvalue weighted by atomic mass is 10.1. The summed E-state index contributed by atoms with van der Waals surface area (Å²) in [6.45, 7) is 0.469. The molecular weight excluding hydrogens is 433 g/mol. The molecule has 30 heavy (non-hydrogen) atoms. The van der Waals surface area contributed by atoms with Crippen molar-refractivity contribution in [1.82, 2.24) is 14.2 Å². The van der Waals surface area contributed by atoms with Crippen LogP contribution in [0, 0.1) is 5.82 Å². The van der Waals surface area contributed by atoms with Crippen molar-refractivity contribution >= 4 is 38.4 Å². The summed E-state index contributed by atoms with van der Waals surface area (Å²) in [7, 11) is -3.74. The molecule has 0 radical (unpaired) electrons. The molecular formula is C20H17ClFN3O4S. The topological polar surface area (TPSA) is 90.6 Å². The van der Waals surface area contributed by atoms with Gasteiger partial charge in [0.15, 0.2) is 0 Å². The Labute approximate surface area is 176 Å². The summed E-state index contributed by atoms with van der Waals surface area (Å²) in [5.74, 6) is -0.975. The lowest BCUT2D eigenvalue weighted by Gasteiger charge is -2.34. The third-order valence-electron chi connectivity index (χ3n) is 5.00. The van der Waals surface area contributed by atoms with Gasteiger partial charge in [-0.1, -0.05) is 17.7 Å². The first kappa shape index (κ1) is 20.5. The average molecular weight is 450 g/mol. The van der Waals surface area contributed by atoms with Crippen LogP contribution in [0.4, 0.5) is 4.39 Å². The number of hydrogen-bond acceptors (Lipinski definition) is 4. The molecule has 1 aliphatic rings. The summed E-state index contributed by atoms with van der Waals surface area (Å²) >= 11 is 5.90. The number of H-pyrrole nitrogens is 1. The van der Waals surface area contributed by atoms with E-state index in [4.69, 9.17) is 11.6 Å². The van der Waals surface area contributed by atoms with Crippen molar-refractivity contribution < 1.29 is 17.6 Å². The number of carbonyl (C=O) groups is 1. The van der Waals surface area contributed by atoms with Crippen LogP contribution in [0.5, 0.6) is 0 Å². The first-order valence-corrected chi connectivity index (χ1v) is 10.9. The van der Waals surface area contributed by atoms with Gasteiger partial charge in [-0.25, -0.2) is 12.8 Å². The van der Waals surface area contributed by atoms with Crippen LogP contribution in [-0.4, -0.2) is 54.7 Å². The maximum atomic E-state index is 13.7. The van der Waals surface area contributed by atoms with E-state index in [1.54, 1.807) is 12.1 Å². The summed E-state index contributed by atoms with van der Waals surface area (Å²) in [5, 5.41) is 0.617. The molecule has 0 spiro atoms.